The number of hydrogen-bond acceptors (Lipinski definition) is 2. The zero-order chi connectivity index (χ0) is 17.4. The van der Waals surface area contributed by atoms with E-state index in [0.717, 1.165) is 22.6 Å². The molecule has 0 aromatic heterocycles. The first-order valence-electron chi connectivity index (χ1n) is 8.58. The van der Waals surface area contributed by atoms with Crippen LogP contribution >= 0.6 is 11.6 Å². The van der Waals surface area contributed by atoms with Crippen LogP contribution in [0, 0.1) is 0 Å². The van der Waals surface area contributed by atoms with Crippen molar-refractivity contribution in [3.63, 3.8) is 0 Å². The van der Waals surface area contributed by atoms with E-state index < -0.39 is 5.79 Å². The van der Waals surface area contributed by atoms with E-state index in [1.165, 1.54) is 16.3 Å². The highest BCUT2D eigenvalue weighted by Gasteiger charge is 2.33. The highest BCUT2D eigenvalue weighted by Crippen LogP contribution is 2.34. The molecule has 0 spiro atoms. The van der Waals surface area contributed by atoms with Gasteiger partial charge in [0, 0.05) is 5.02 Å². The van der Waals surface area contributed by atoms with Crippen molar-refractivity contribution in [3.8, 4) is 0 Å². The third kappa shape index (κ3) is 3.57. The summed E-state index contributed by atoms with van der Waals surface area (Å²) < 4.78 is 11.7. The smallest absolute Gasteiger partial charge is 0.163 e. The van der Waals surface area contributed by atoms with Crippen LogP contribution in [0.2, 0.25) is 5.02 Å². The lowest BCUT2D eigenvalue weighted by Gasteiger charge is -2.18. The van der Waals surface area contributed by atoms with E-state index in [9.17, 15) is 0 Å². The van der Waals surface area contributed by atoms with E-state index in [2.05, 4.69) is 48.5 Å². The first-order valence-corrected chi connectivity index (χ1v) is 8.96. The molecule has 1 fully saturated rings. The lowest BCUT2D eigenvalue weighted by atomic mass is 9.98. The molecule has 0 N–H and O–H groups in total. The molecule has 1 unspecified atom stereocenters. The summed E-state index contributed by atoms with van der Waals surface area (Å²) in [5, 5.41) is 3.29. The van der Waals surface area contributed by atoms with Crippen LogP contribution < -0.4 is 0 Å². The van der Waals surface area contributed by atoms with Crippen LogP contribution in [0.25, 0.3) is 10.8 Å². The Morgan fingerprint density at radius 1 is 1.00 bits per heavy atom. The highest BCUT2D eigenvalue weighted by molar-refractivity contribution is 6.31. The summed E-state index contributed by atoms with van der Waals surface area (Å²) in [7, 11) is 0. The number of rotatable bonds is 3. The summed E-state index contributed by atoms with van der Waals surface area (Å²) in [5.41, 5.74) is 3.48. The van der Waals surface area contributed by atoms with Crippen LogP contribution in [-0.4, -0.2) is 12.4 Å². The van der Waals surface area contributed by atoms with Crippen molar-refractivity contribution >= 4 is 22.4 Å². The molecule has 128 valence electrons. The quantitative estimate of drug-likeness (QED) is 0.583. The molecule has 3 aromatic rings. The van der Waals surface area contributed by atoms with Gasteiger partial charge in [0.15, 0.2) is 5.79 Å². The molecule has 25 heavy (non-hydrogen) atoms. The van der Waals surface area contributed by atoms with Crippen LogP contribution in [-0.2, 0) is 15.9 Å². The Balaban J connectivity index is 1.62. The summed E-state index contributed by atoms with van der Waals surface area (Å²) in [6.07, 6.45) is 0.761. The average molecular weight is 353 g/mol. The molecule has 0 amide bonds. The van der Waals surface area contributed by atoms with Gasteiger partial charge >= 0.3 is 0 Å². The maximum Gasteiger partial charge on any atom is 0.163 e. The van der Waals surface area contributed by atoms with Gasteiger partial charge in [0.25, 0.3) is 0 Å². The molecule has 4 rings (SSSR count). The average Bonchev–Trinajstić information content (AvgIpc) is 2.97. The molecule has 1 aliphatic heterocycles. The molecule has 0 bridgehead atoms. The number of ether oxygens (including phenoxy) is 2. The summed E-state index contributed by atoms with van der Waals surface area (Å²) in [6.45, 7) is 4.46. The van der Waals surface area contributed by atoms with Crippen molar-refractivity contribution < 1.29 is 9.47 Å². The van der Waals surface area contributed by atoms with Gasteiger partial charge in [-0.15, -0.1) is 0 Å². The predicted molar refractivity (Wildman–Crippen MR) is 102 cm³/mol. The van der Waals surface area contributed by atoms with Gasteiger partial charge in [-0.3, -0.25) is 0 Å². The number of benzene rings is 3. The van der Waals surface area contributed by atoms with Gasteiger partial charge in [0.2, 0.25) is 0 Å². The summed E-state index contributed by atoms with van der Waals surface area (Å²) >= 11 is 6.46. The fourth-order valence-electron chi connectivity index (χ4n) is 3.35. The van der Waals surface area contributed by atoms with E-state index in [4.69, 9.17) is 21.1 Å². The Bertz CT molecular complexity index is 917. The van der Waals surface area contributed by atoms with Crippen molar-refractivity contribution in [2.24, 2.45) is 0 Å². The maximum absolute atomic E-state index is 6.46. The van der Waals surface area contributed by atoms with Gasteiger partial charge < -0.3 is 9.47 Å². The number of fused-ring (bicyclic) bond motifs is 1. The molecule has 3 aromatic carbocycles. The molecule has 1 aliphatic rings. The maximum atomic E-state index is 6.46. The van der Waals surface area contributed by atoms with Gasteiger partial charge in [-0.25, -0.2) is 0 Å². The first-order chi connectivity index (χ1) is 12.0. The number of halogens is 1. The molecule has 3 heteroatoms. The van der Waals surface area contributed by atoms with Crippen LogP contribution in [0.15, 0.2) is 60.7 Å². The van der Waals surface area contributed by atoms with Crippen LogP contribution in [0.5, 0.6) is 0 Å². The fourth-order valence-corrected chi connectivity index (χ4v) is 3.53. The normalized spacial score (nSPS) is 19.4. The Kier molecular flexibility index (Phi) is 4.28. The molecular weight excluding hydrogens is 332 g/mol. The summed E-state index contributed by atoms with van der Waals surface area (Å²) in [6, 6.07) is 21.1. The third-order valence-electron chi connectivity index (χ3n) is 4.66. The van der Waals surface area contributed by atoms with Crippen LogP contribution in [0.3, 0.4) is 0 Å². The third-order valence-corrected chi connectivity index (χ3v) is 5.03. The molecular formula is C22H21ClO2. The van der Waals surface area contributed by atoms with Gasteiger partial charge in [-0.2, -0.15) is 0 Å². The second-order valence-electron chi connectivity index (χ2n) is 7.03. The van der Waals surface area contributed by atoms with Crippen molar-refractivity contribution in [3.05, 3.63) is 82.4 Å². The Hall–Kier alpha value is -1.87. The SMILES string of the molecule is CC1(C)OCC(c2ccc(Cl)c(Cc3ccc4ccccc4c3)c2)O1. The lowest BCUT2D eigenvalue weighted by molar-refractivity contribution is -0.139. The van der Waals surface area contributed by atoms with Gasteiger partial charge in [-0.1, -0.05) is 66.2 Å². The van der Waals surface area contributed by atoms with Crippen molar-refractivity contribution in [2.75, 3.05) is 6.61 Å². The summed E-state index contributed by atoms with van der Waals surface area (Å²) in [5.74, 6) is -0.525. The topological polar surface area (TPSA) is 18.5 Å². The van der Waals surface area contributed by atoms with Gasteiger partial charge in [0.05, 0.1) is 6.61 Å². The molecule has 2 nitrogen and oxygen atoms in total. The monoisotopic (exact) mass is 352 g/mol. The van der Waals surface area contributed by atoms with Crippen molar-refractivity contribution in [2.45, 2.75) is 32.2 Å². The van der Waals surface area contributed by atoms with Gasteiger partial charge in [0.1, 0.15) is 6.10 Å². The van der Waals surface area contributed by atoms with Crippen LogP contribution in [0.4, 0.5) is 0 Å². The zero-order valence-corrected chi connectivity index (χ0v) is 15.2. The first kappa shape index (κ1) is 16.6. The second-order valence-corrected chi connectivity index (χ2v) is 7.43. The van der Waals surface area contributed by atoms with E-state index in [1.807, 2.05) is 26.0 Å². The molecule has 1 atom stereocenters. The standard InChI is InChI=1S/C22H21ClO2/c1-22(2)24-14-21(25-22)18-9-10-20(23)19(13-18)12-15-7-8-16-5-3-4-6-17(16)11-15/h3-11,13,21H,12,14H2,1-2H3. The molecule has 1 heterocycles. The van der Waals surface area contributed by atoms with Gasteiger partial charge in [-0.05, 0) is 53.8 Å². The molecule has 0 saturated carbocycles. The van der Waals surface area contributed by atoms with Crippen molar-refractivity contribution in [1.82, 2.24) is 0 Å². The molecule has 1 saturated heterocycles. The Morgan fingerprint density at radius 3 is 2.56 bits per heavy atom. The minimum absolute atomic E-state index is 0.0392. The molecule has 0 aliphatic carbocycles. The van der Waals surface area contributed by atoms with E-state index >= 15 is 0 Å². The second kappa shape index (κ2) is 6.45. The highest BCUT2D eigenvalue weighted by atomic mass is 35.5. The Labute approximate surface area is 153 Å². The largest absolute Gasteiger partial charge is 0.347 e. The minimum Gasteiger partial charge on any atom is -0.347 e. The zero-order valence-electron chi connectivity index (χ0n) is 14.5. The van der Waals surface area contributed by atoms with E-state index in [0.29, 0.717) is 6.61 Å². The van der Waals surface area contributed by atoms with Crippen molar-refractivity contribution in [1.29, 1.82) is 0 Å². The van der Waals surface area contributed by atoms with Crippen LogP contribution in [0.1, 0.15) is 36.6 Å². The fraction of sp³-hybridized carbons (Fsp3) is 0.273. The van der Waals surface area contributed by atoms with E-state index in [1.54, 1.807) is 0 Å². The molecule has 0 radical (unpaired) electrons. The predicted octanol–water partition coefficient (Wildman–Crippen LogP) is 5.91. The Morgan fingerprint density at radius 2 is 1.80 bits per heavy atom. The lowest BCUT2D eigenvalue weighted by Crippen LogP contribution is -2.19. The van der Waals surface area contributed by atoms with E-state index in [-0.39, 0.29) is 6.10 Å². The minimum atomic E-state index is -0.525. The number of hydrogen-bond donors (Lipinski definition) is 0. The summed E-state index contributed by atoms with van der Waals surface area (Å²) in [4.78, 5) is 0.